The number of ether oxygens (including phenoxy) is 1. The second kappa shape index (κ2) is 7.70. The number of nitrogens with one attached hydrogen (secondary N) is 1. The molecule has 0 aliphatic heterocycles. The summed E-state index contributed by atoms with van der Waals surface area (Å²) >= 11 is 3.26. The maximum absolute atomic E-state index is 15.7. The molecule has 0 bridgehead atoms. The number of halogens is 2. The molecule has 0 spiro atoms. The van der Waals surface area contributed by atoms with Crippen LogP contribution in [0.3, 0.4) is 0 Å². The highest BCUT2D eigenvalue weighted by atomic mass is 79.9. The Hall–Kier alpha value is -1.97. The molecule has 6 nitrogen and oxygen atoms in total. The highest BCUT2D eigenvalue weighted by Gasteiger charge is 2.54. The molecule has 0 saturated heterocycles. The predicted molar refractivity (Wildman–Crippen MR) is 109 cm³/mol. The minimum atomic E-state index is -3.72. The molecule has 0 fully saturated rings. The summed E-state index contributed by atoms with van der Waals surface area (Å²) in [7, 11) is -2.18. The molecule has 156 valence electrons. The SMILES string of the molecule is COc1ccc([C@@H](C)NC(=O)[C@@]2(F)Cc3c(Br)ccc(S(C)(=O)=O)c3[C@@H]2O)cc1. The highest BCUT2D eigenvalue weighted by Crippen LogP contribution is 2.47. The molecule has 0 unspecified atom stereocenters. The molecule has 29 heavy (non-hydrogen) atoms. The summed E-state index contributed by atoms with van der Waals surface area (Å²) in [4.78, 5) is 12.6. The van der Waals surface area contributed by atoms with Crippen LogP contribution in [0.1, 0.15) is 35.8 Å². The Morgan fingerprint density at radius 3 is 2.48 bits per heavy atom. The van der Waals surface area contributed by atoms with Gasteiger partial charge in [0.25, 0.3) is 5.91 Å². The van der Waals surface area contributed by atoms with Crippen LogP contribution in [0.5, 0.6) is 5.75 Å². The van der Waals surface area contributed by atoms with Gasteiger partial charge in [0.05, 0.1) is 18.0 Å². The number of aliphatic hydroxyl groups excluding tert-OH is 1. The van der Waals surface area contributed by atoms with Crippen molar-refractivity contribution in [1.82, 2.24) is 5.32 Å². The summed E-state index contributed by atoms with van der Waals surface area (Å²) in [5.74, 6) is -0.357. The number of carbonyl (C=O) groups excluding carboxylic acids is 1. The van der Waals surface area contributed by atoms with Gasteiger partial charge in [-0.3, -0.25) is 4.79 Å². The minimum Gasteiger partial charge on any atom is -0.497 e. The monoisotopic (exact) mass is 485 g/mol. The van der Waals surface area contributed by atoms with Gasteiger partial charge in [0.2, 0.25) is 5.67 Å². The van der Waals surface area contributed by atoms with E-state index in [0.29, 0.717) is 10.2 Å². The van der Waals surface area contributed by atoms with Gasteiger partial charge in [-0.2, -0.15) is 0 Å². The largest absolute Gasteiger partial charge is 0.497 e. The average molecular weight is 486 g/mol. The second-order valence-electron chi connectivity index (χ2n) is 7.12. The number of sulfone groups is 1. The van der Waals surface area contributed by atoms with Crippen molar-refractivity contribution in [2.45, 2.75) is 36.1 Å². The van der Waals surface area contributed by atoms with Gasteiger partial charge in [-0.1, -0.05) is 28.1 Å². The first-order chi connectivity index (χ1) is 13.5. The Labute approximate surface area is 177 Å². The molecule has 0 heterocycles. The molecule has 1 aliphatic rings. The van der Waals surface area contributed by atoms with Crippen LogP contribution in [0.2, 0.25) is 0 Å². The lowest BCUT2D eigenvalue weighted by Crippen LogP contribution is -2.47. The van der Waals surface area contributed by atoms with Crippen molar-refractivity contribution in [2.75, 3.05) is 13.4 Å². The molecule has 1 aliphatic carbocycles. The second-order valence-corrected chi connectivity index (χ2v) is 9.96. The van der Waals surface area contributed by atoms with Crippen molar-refractivity contribution in [2.24, 2.45) is 0 Å². The van der Waals surface area contributed by atoms with Gasteiger partial charge in [-0.05, 0) is 42.3 Å². The lowest BCUT2D eigenvalue weighted by Gasteiger charge is -2.26. The first-order valence-corrected chi connectivity index (χ1v) is 11.5. The number of fused-ring (bicyclic) bond motifs is 1. The maximum Gasteiger partial charge on any atom is 0.261 e. The van der Waals surface area contributed by atoms with Gasteiger partial charge < -0.3 is 15.2 Å². The fourth-order valence-electron chi connectivity index (χ4n) is 3.50. The van der Waals surface area contributed by atoms with Crippen LogP contribution in [-0.4, -0.2) is 38.5 Å². The molecule has 2 aromatic carbocycles. The van der Waals surface area contributed by atoms with Crippen molar-refractivity contribution >= 4 is 31.7 Å². The smallest absolute Gasteiger partial charge is 0.261 e. The Balaban J connectivity index is 1.90. The molecular weight excluding hydrogens is 465 g/mol. The van der Waals surface area contributed by atoms with E-state index in [1.165, 1.54) is 19.2 Å². The van der Waals surface area contributed by atoms with Crippen LogP contribution < -0.4 is 10.1 Å². The molecule has 3 rings (SSSR count). The van der Waals surface area contributed by atoms with Gasteiger partial charge in [0, 0.05) is 22.7 Å². The molecular formula is C20H21BrFNO5S. The quantitative estimate of drug-likeness (QED) is 0.678. The third-order valence-electron chi connectivity index (χ3n) is 5.14. The van der Waals surface area contributed by atoms with Crippen LogP contribution in [0.15, 0.2) is 45.8 Å². The van der Waals surface area contributed by atoms with E-state index >= 15 is 4.39 Å². The number of amides is 1. The lowest BCUT2D eigenvalue weighted by molar-refractivity contribution is -0.140. The Kier molecular flexibility index (Phi) is 5.77. The number of alkyl halides is 1. The van der Waals surface area contributed by atoms with Crippen LogP contribution in [0, 0.1) is 0 Å². The first-order valence-electron chi connectivity index (χ1n) is 8.82. The number of carbonyl (C=O) groups is 1. The number of hydrogen-bond acceptors (Lipinski definition) is 5. The minimum absolute atomic E-state index is 0.0726. The van der Waals surface area contributed by atoms with Gasteiger partial charge in [-0.25, -0.2) is 12.8 Å². The third kappa shape index (κ3) is 3.91. The third-order valence-corrected chi connectivity index (χ3v) is 7.04. The zero-order valence-corrected chi connectivity index (χ0v) is 18.5. The van der Waals surface area contributed by atoms with E-state index in [-0.39, 0.29) is 16.0 Å². The van der Waals surface area contributed by atoms with Gasteiger partial charge in [0.15, 0.2) is 9.84 Å². The van der Waals surface area contributed by atoms with Crippen molar-refractivity contribution in [1.29, 1.82) is 0 Å². The highest BCUT2D eigenvalue weighted by molar-refractivity contribution is 9.10. The van der Waals surface area contributed by atoms with E-state index in [1.807, 2.05) is 0 Å². The van der Waals surface area contributed by atoms with E-state index in [9.17, 15) is 18.3 Å². The molecule has 0 saturated carbocycles. The fraction of sp³-hybridized carbons (Fsp3) is 0.350. The molecule has 9 heteroatoms. The Bertz CT molecular complexity index is 1060. The number of methoxy groups -OCH3 is 1. The summed E-state index contributed by atoms with van der Waals surface area (Å²) in [6.07, 6.45) is -1.36. The summed E-state index contributed by atoms with van der Waals surface area (Å²) in [6, 6.07) is 9.17. The predicted octanol–water partition coefficient (Wildman–Crippen LogP) is 3.04. The van der Waals surface area contributed by atoms with Crippen molar-refractivity contribution in [3.8, 4) is 5.75 Å². The Morgan fingerprint density at radius 2 is 1.93 bits per heavy atom. The van der Waals surface area contributed by atoms with E-state index in [0.717, 1.165) is 11.8 Å². The van der Waals surface area contributed by atoms with E-state index in [4.69, 9.17) is 4.74 Å². The molecule has 1 amide bonds. The number of rotatable bonds is 5. The zero-order valence-electron chi connectivity index (χ0n) is 16.1. The van der Waals surface area contributed by atoms with E-state index < -0.39 is 40.0 Å². The fourth-order valence-corrected chi connectivity index (χ4v) is 4.93. The standard InChI is InChI=1S/C20H21BrFNO5S/c1-11(12-4-6-13(28-2)7-5-12)23-19(25)20(22)10-14-15(21)8-9-16(29(3,26)27)17(14)18(20)24/h4-9,11,18,24H,10H2,1-3H3,(H,23,25)/t11-,18+,20-/m1/s1. The molecule has 0 radical (unpaired) electrons. The maximum atomic E-state index is 15.7. The number of hydrogen-bond donors (Lipinski definition) is 2. The summed E-state index contributed by atoms with van der Waals surface area (Å²) in [5.41, 5.74) is -1.76. The number of benzene rings is 2. The van der Waals surface area contributed by atoms with Crippen LogP contribution in [0.4, 0.5) is 4.39 Å². The van der Waals surface area contributed by atoms with Crippen LogP contribution in [0.25, 0.3) is 0 Å². The lowest BCUT2D eigenvalue weighted by atomic mass is 9.97. The summed E-state index contributed by atoms with van der Waals surface area (Å²) in [6.45, 7) is 1.69. The molecule has 2 aromatic rings. The van der Waals surface area contributed by atoms with E-state index in [1.54, 1.807) is 31.2 Å². The summed E-state index contributed by atoms with van der Waals surface area (Å²) < 4.78 is 45.4. The summed E-state index contributed by atoms with van der Waals surface area (Å²) in [5, 5.41) is 13.2. The van der Waals surface area contributed by atoms with Crippen molar-refractivity contribution in [3.63, 3.8) is 0 Å². The van der Waals surface area contributed by atoms with Crippen molar-refractivity contribution in [3.05, 3.63) is 57.6 Å². The van der Waals surface area contributed by atoms with Gasteiger partial charge in [0.1, 0.15) is 11.9 Å². The van der Waals surface area contributed by atoms with Crippen LogP contribution in [-0.2, 0) is 21.1 Å². The number of aliphatic hydroxyl groups is 1. The molecule has 2 N–H and O–H groups in total. The van der Waals surface area contributed by atoms with Crippen molar-refractivity contribution < 1.29 is 27.4 Å². The molecule has 3 atom stereocenters. The molecule has 0 aromatic heterocycles. The topological polar surface area (TPSA) is 92.7 Å². The van der Waals surface area contributed by atoms with Gasteiger partial charge in [-0.15, -0.1) is 0 Å². The normalized spacial score (nSPS) is 22.1. The first kappa shape index (κ1) is 21.7. The van der Waals surface area contributed by atoms with E-state index in [2.05, 4.69) is 21.2 Å². The zero-order chi connectivity index (χ0) is 21.6. The van der Waals surface area contributed by atoms with Gasteiger partial charge >= 0.3 is 0 Å². The Morgan fingerprint density at radius 1 is 1.31 bits per heavy atom. The van der Waals surface area contributed by atoms with Crippen LogP contribution >= 0.6 is 15.9 Å². The average Bonchev–Trinajstić information content (AvgIpc) is 2.94.